The van der Waals surface area contributed by atoms with Gasteiger partial charge in [-0.25, -0.2) is 4.98 Å². The van der Waals surface area contributed by atoms with Crippen molar-refractivity contribution in [1.82, 2.24) is 9.88 Å². The molecule has 0 aliphatic carbocycles. The molecule has 1 amide bonds. The van der Waals surface area contributed by atoms with Crippen molar-refractivity contribution in [2.45, 2.75) is 13.3 Å². The molecule has 0 radical (unpaired) electrons. The van der Waals surface area contributed by atoms with Crippen LogP contribution in [0.25, 0.3) is 5.57 Å². The lowest BCUT2D eigenvalue weighted by Gasteiger charge is -2.22. The summed E-state index contributed by atoms with van der Waals surface area (Å²) in [6, 6.07) is 3.62. The second-order valence-corrected chi connectivity index (χ2v) is 4.73. The van der Waals surface area contributed by atoms with Crippen LogP contribution in [-0.2, 0) is 0 Å². The largest absolute Gasteiger partial charge is 0.370 e. The highest BCUT2D eigenvalue weighted by Gasteiger charge is 2.14. The third-order valence-electron chi connectivity index (χ3n) is 3.25. The minimum absolute atomic E-state index is 0.444. The Morgan fingerprint density at radius 2 is 2.32 bits per heavy atom. The van der Waals surface area contributed by atoms with Gasteiger partial charge in [0.25, 0.3) is 5.91 Å². The maximum atomic E-state index is 11.3. The van der Waals surface area contributed by atoms with Crippen LogP contribution in [0.5, 0.6) is 0 Å². The first-order valence-corrected chi connectivity index (χ1v) is 6.54. The summed E-state index contributed by atoms with van der Waals surface area (Å²) in [7, 11) is 2.10. The van der Waals surface area contributed by atoms with Crippen molar-refractivity contribution >= 4 is 17.3 Å². The Balaban J connectivity index is 2.32. The summed E-state index contributed by atoms with van der Waals surface area (Å²) in [5, 5.41) is 3.10. The van der Waals surface area contributed by atoms with Gasteiger partial charge in [-0.3, -0.25) is 4.79 Å². The molecule has 1 aliphatic rings. The maximum Gasteiger partial charge on any atom is 0.252 e. The minimum atomic E-state index is -0.452. The number of likely N-dealkylation sites (N-methyl/N-ethyl adjacent to an activating group) is 1. The highest BCUT2D eigenvalue weighted by Crippen LogP contribution is 2.23. The number of carbonyl (C=O) groups is 1. The number of hydrogen-bond acceptors (Lipinski definition) is 4. The molecule has 0 fully saturated rings. The van der Waals surface area contributed by atoms with E-state index in [9.17, 15) is 4.79 Å². The zero-order chi connectivity index (χ0) is 13.8. The Labute approximate surface area is 113 Å². The summed E-state index contributed by atoms with van der Waals surface area (Å²) in [4.78, 5) is 18.1. The third-order valence-corrected chi connectivity index (χ3v) is 3.25. The molecule has 5 nitrogen and oxygen atoms in total. The van der Waals surface area contributed by atoms with E-state index in [0.29, 0.717) is 17.9 Å². The fourth-order valence-electron chi connectivity index (χ4n) is 2.14. The molecule has 0 spiro atoms. The molecule has 0 atom stereocenters. The Bertz CT molecular complexity index is 510. The van der Waals surface area contributed by atoms with E-state index >= 15 is 0 Å². The van der Waals surface area contributed by atoms with Crippen molar-refractivity contribution in [3.05, 3.63) is 29.5 Å². The summed E-state index contributed by atoms with van der Waals surface area (Å²) in [6.07, 6.45) is 3.16. The summed E-state index contributed by atoms with van der Waals surface area (Å²) < 4.78 is 0. The number of pyridine rings is 1. The van der Waals surface area contributed by atoms with E-state index < -0.39 is 5.91 Å². The molecule has 0 saturated heterocycles. The standard InChI is InChI=1S/C14H20N4O/c1-3-16-14-11(13(15)19)4-5-12(17-14)10-6-8-18(2)9-7-10/h4-6H,3,7-9H2,1-2H3,(H2,15,19)(H,16,17). The van der Waals surface area contributed by atoms with Gasteiger partial charge in [-0.2, -0.15) is 0 Å². The lowest BCUT2D eigenvalue weighted by atomic mass is 10.0. The molecule has 0 bridgehead atoms. The van der Waals surface area contributed by atoms with Crippen molar-refractivity contribution in [3.63, 3.8) is 0 Å². The van der Waals surface area contributed by atoms with Gasteiger partial charge in [0, 0.05) is 19.6 Å². The Kier molecular flexibility index (Phi) is 4.16. The van der Waals surface area contributed by atoms with Gasteiger partial charge in [0.1, 0.15) is 5.82 Å². The number of carbonyl (C=O) groups excluding carboxylic acids is 1. The molecule has 1 aromatic heterocycles. The average Bonchev–Trinajstić information content (AvgIpc) is 2.39. The summed E-state index contributed by atoms with van der Waals surface area (Å²) in [5.41, 5.74) is 7.95. The average molecular weight is 260 g/mol. The van der Waals surface area contributed by atoms with E-state index in [1.54, 1.807) is 6.07 Å². The van der Waals surface area contributed by atoms with Gasteiger partial charge in [0.05, 0.1) is 11.3 Å². The first-order valence-electron chi connectivity index (χ1n) is 6.54. The van der Waals surface area contributed by atoms with Crippen LogP contribution in [0, 0.1) is 0 Å². The van der Waals surface area contributed by atoms with Crippen molar-refractivity contribution in [2.75, 3.05) is 32.0 Å². The number of primary amides is 1. The lowest BCUT2D eigenvalue weighted by molar-refractivity contribution is 0.100. The van der Waals surface area contributed by atoms with Gasteiger partial charge in [-0.1, -0.05) is 6.08 Å². The molecule has 1 aliphatic heterocycles. The van der Waals surface area contributed by atoms with Crippen LogP contribution < -0.4 is 11.1 Å². The molecule has 102 valence electrons. The predicted octanol–water partition coefficient (Wildman–Crippen LogP) is 1.33. The lowest BCUT2D eigenvalue weighted by Crippen LogP contribution is -2.24. The number of amides is 1. The van der Waals surface area contributed by atoms with Crippen LogP contribution in [0.4, 0.5) is 5.82 Å². The second-order valence-electron chi connectivity index (χ2n) is 4.73. The minimum Gasteiger partial charge on any atom is -0.370 e. The third kappa shape index (κ3) is 3.12. The van der Waals surface area contributed by atoms with E-state index in [0.717, 1.165) is 25.2 Å². The number of hydrogen-bond donors (Lipinski definition) is 2. The molecule has 5 heteroatoms. The molecular weight excluding hydrogens is 240 g/mol. The van der Waals surface area contributed by atoms with Crippen LogP contribution >= 0.6 is 0 Å². The number of nitrogens with zero attached hydrogens (tertiary/aromatic N) is 2. The number of aromatic nitrogens is 1. The second kappa shape index (κ2) is 5.84. The molecule has 0 saturated carbocycles. The van der Waals surface area contributed by atoms with Gasteiger partial charge in [-0.05, 0) is 38.1 Å². The highest BCUT2D eigenvalue weighted by atomic mass is 16.1. The summed E-state index contributed by atoms with van der Waals surface area (Å²) in [6.45, 7) is 4.64. The van der Waals surface area contributed by atoms with E-state index in [-0.39, 0.29) is 0 Å². The van der Waals surface area contributed by atoms with Crippen molar-refractivity contribution < 1.29 is 4.79 Å². The van der Waals surface area contributed by atoms with Crippen molar-refractivity contribution in [1.29, 1.82) is 0 Å². The number of nitrogens with one attached hydrogen (secondary N) is 1. The van der Waals surface area contributed by atoms with Crippen LogP contribution in [0.3, 0.4) is 0 Å². The predicted molar refractivity (Wildman–Crippen MR) is 77.0 cm³/mol. The monoisotopic (exact) mass is 260 g/mol. The molecule has 2 heterocycles. The Morgan fingerprint density at radius 1 is 1.53 bits per heavy atom. The summed E-state index contributed by atoms with van der Waals surface area (Å²) >= 11 is 0. The normalized spacial score (nSPS) is 16.0. The van der Waals surface area contributed by atoms with Gasteiger partial charge in [0.2, 0.25) is 0 Å². The van der Waals surface area contributed by atoms with E-state index in [1.165, 1.54) is 5.57 Å². The number of rotatable bonds is 4. The fraction of sp³-hybridized carbons (Fsp3) is 0.429. The van der Waals surface area contributed by atoms with Crippen LogP contribution in [-0.4, -0.2) is 42.5 Å². The molecule has 0 unspecified atom stereocenters. The van der Waals surface area contributed by atoms with E-state index in [4.69, 9.17) is 5.73 Å². The van der Waals surface area contributed by atoms with Gasteiger partial charge in [0.15, 0.2) is 0 Å². The first kappa shape index (κ1) is 13.5. The van der Waals surface area contributed by atoms with Crippen molar-refractivity contribution in [2.24, 2.45) is 5.73 Å². The fourth-order valence-corrected chi connectivity index (χ4v) is 2.14. The molecular formula is C14H20N4O. The highest BCUT2D eigenvalue weighted by molar-refractivity contribution is 5.97. The topological polar surface area (TPSA) is 71.2 Å². The smallest absolute Gasteiger partial charge is 0.252 e. The molecule has 2 rings (SSSR count). The van der Waals surface area contributed by atoms with E-state index in [2.05, 4.69) is 28.3 Å². The Morgan fingerprint density at radius 3 is 2.89 bits per heavy atom. The van der Waals surface area contributed by atoms with Crippen molar-refractivity contribution in [3.8, 4) is 0 Å². The van der Waals surface area contributed by atoms with Crippen LogP contribution in [0.1, 0.15) is 29.4 Å². The number of anilines is 1. The number of nitrogens with two attached hydrogens (primary N) is 1. The quantitative estimate of drug-likeness (QED) is 0.856. The van der Waals surface area contributed by atoms with Gasteiger partial charge in [-0.15, -0.1) is 0 Å². The SMILES string of the molecule is CCNc1nc(C2=CCN(C)CC2)ccc1C(N)=O. The maximum absolute atomic E-state index is 11.3. The zero-order valence-corrected chi connectivity index (χ0v) is 11.4. The van der Waals surface area contributed by atoms with Crippen LogP contribution in [0.15, 0.2) is 18.2 Å². The first-order chi connectivity index (χ1) is 9.11. The molecule has 0 aromatic carbocycles. The molecule has 3 N–H and O–H groups in total. The van der Waals surface area contributed by atoms with Crippen LogP contribution in [0.2, 0.25) is 0 Å². The summed E-state index contributed by atoms with van der Waals surface area (Å²) in [5.74, 6) is 0.125. The molecule has 19 heavy (non-hydrogen) atoms. The van der Waals surface area contributed by atoms with Gasteiger partial charge < -0.3 is 16.0 Å². The zero-order valence-electron chi connectivity index (χ0n) is 11.4. The van der Waals surface area contributed by atoms with Gasteiger partial charge >= 0.3 is 0 Å². The molecule has 1 aromatic rings. The Hall–Kier alpha value is -1.88. The van der Waals surface area contributed by atoms with E-state index in [1.807, 2.05) is 13.0 Å².